The Morgan fingerprint density at radius 1 is 0.397 bits per heavy atom. The second-order valence-electron chi connectivity index (χ2n) is 22.3. The first kappa shape index (κ1) is 75.7. The van der Waals surface area contributed by atoms with Crippen LogP contribution in [0.1, 0.15) is 328 Å². The summed E-state index contributed by atoms with van der Waals surface area (Å²) < 4.78 is 33.2. The number of allylic oxidation sites excluding steroid dienone is 10. The van der Waals surface area contributed by atoms with Crippen LogP contribution in [0.3, 0.4) is 0 Å². The molecule has 0 aliphatic rings. The summed E-state index contributed by atoms with van der Waals surface area (Å²) in [7, 11) is -4.39. The maximum atomic E-state index is 12.8. The number of carbonyl (C=O) groups excluding carboxylic acids is 2. The van der Waals surface area contributed by atoms with E-state index >= 15 is 0 Å². The number of phosphoric acid groups is 1. The van der Waals surface area contributed by atoms with Crippen LogP contribution in [0.25, 0.3) is 0 Å². The van der Waals surface area contributed by atoms with Crippen molar-refractivity contribution < 1.29 is 37.6 Å². The number of unbranched alkanes of at least 4 members (excludes halogenated alkanes) is 40. The zero-order valence-corrected chi connectivity index (χ0v) is 52.1. The van der Waals surface area contributed by atoms with Gasteiger partial charge in [0.2, 0.25) is 0 Å². The molecule has 9 nitrogen and oxygen atoms in total. The van der Waals surface area contributed by atoms with Crippen molar-refractivity contribution in [3.8, 4) is 0 Å². The molecule has 0 radical (unpaired) electrons. The highest BCUT2D eigenvalue weighted by atomic mass is 31.2. The Bertz CT molecular complexity index is 1460. The molecule has 0 saturated heterocycles. The summed E-state index contributed by atoms with van der Waals surface area (Å²) in [5, 5.41) is 0. The molecule has 0 spiro atoms. The normalized spacial score (nSPS) is 13.3. The molecule has 456 valence electrons. The quantitative estimate of drug-likeness (QED) is 0.0264. The molecule has 3 N–H and O–H groups in total. The van der Waals surface area contributed by atoms with Crippen molar-refractivity contribution in [2.24, 2.45) is 5.73 Å². The molecule has 0 saturated carbocycles. The van der Waals surface area contributed by atoms with Crippen LogP contribution in [0.4, 0.5) is 0 Å². The maximum absolute atomic E-state index is 12.8. The summed E-state index contributed by atoms with van der Waals surface area (Å²) in [6.07, 6.45) is 81.6. The third-order valence-electron chi connectivity index (χ3n) is 14.7. The minimum absolute atomic E-state index is 0.0547. The van der Waals surface area contributed by atoms with Gasteiger partial charge in [-0.3, -0.25) is 18.6 Å². The number of phosphoric ester groups is 1. The van der Waals surface area contributed by atoms with Gasteiger partial charge in [-0.05, 0) is 57.8 Å². The van der Waals surface area contributed by atoms with Crippen LogP contribution >= 0.6 is 7.82 Å². The number of hydrogen-bond acceptors (Lipinski definition) is 8. The van der Waals surface area contributed by atoms with E-state index in [1.807, 2.05) is 0 Å². The van der Waals surface area contributed by atoms with Gasteiger partial charge >= 0.3 is 19.8 Å². The van der Waals surface area contributed by atoms with E-state index in [1.165, 1.54) is 225 Å². The molecule has 2 atom stereocenters. The summed E-state index contributed by atoms with van der Waals surface area (Å²) in [6.45, 7) is 3.69. The number of hydrogen-bond donors (Lipinski definition) is 2. The largest absolute Gasteiger partial charge is 0.472 e. The topological polar surface area (TPSA) is 134 Å². The minimum Gasteiger partial charge on any atom is -0.462 e. The van der Waals surface area contributed by atoms with E-state index < -0.39 is 26.5 Å². The molecule has 0 amide bonds. The van der Waals surface area contributed by atoms with E-state index in [4.69, 9.17) is 24.3 Å². The number of ether oxygens (including phenoxy) is 2. The number of carbonyl (C=O) groups is 2. The van der Waals surface area contributed by atoms with Gasteiger partial charge in [0.15, 0.2) is 6.10 Å². The molecule has 0 rings (SSSR count). The third-order valence-corrected chi connectivity index (χ3v) is 15.7. The second kappa shape index (κ2) is 63.9. The Hall–Kier alpha value is -2.29. The monoisotopic (exact) mass is 1120 g/mol. The van der Waals surface area contributed by atoms with Crippen molar-refractivity contribution in [3.63, 3.8) is 0 Å². The summed E-state index contributed by atoms with van der Waals surface area (Å²) in [4.78, 5) is 35.3. The van der Waals surface area contributed by atoms with Crippen LogP contribution in [0.2, 0.25) is 0 Å². The summed E-state index contributed by atoms with van der Waals surface area (Å²) in [5.41, 5.74) is 5.40. The fourth-order valence-corrected chi connectivity index (χ4v) is 10.6. The molecule has 0 aliphatic heterocycles. The number of nitrogens with two attached hydrogens (primary N) is 1. The fourth-order valence-electron chi connectivity index (χ4n) is 9.79. The zero-order chi connectivity index (χ0) is 56.6. The lowest BCUT2D eigenvalue weighted by molar-refractivity contribution is -0.161. The second-order valence-corrected chi connectivity index (χ2v) is 23.8. The Morgan fingerprint density at radius 3 is 1.05 bits per heavy atom. The highest BCUT2D eigenvalue weighted by molar-refractivity contribution is 7.47. The smallest absolute Gasteiger partial charge is 0.462 e. The standard InChI is InChI=1S/C68H126NO8P/c1-3-5-7-9-11-13-15-17-19-21-23-25-27-29-30-31-32-33-34-35-36-37-39-41-43-45-47-49-51-53-55-57-59-61-68(71)77-66(65-76-78(72,73)75-63-62-69)64-74-67(70)60-58-56-54-52-50-48-46-44-42-40-38-28-26-24-22-20-18-16-14-12-10-8-6-4-2/h5,7,11,13,17,19,23,25,29-30,66H,3-4,6,8-10,12,14-16,18,20-22,24,26-28,31-65,69H2,1-2H3,(H,72,73)/b7-5-,13-11-,19-17-,25-23-,30-29-. The fraction of sp³-hybridized carbons (Fsp3) is 0.824. The molecule has 0 aromatic carbocycles. The third kappa shape index (κ3) is 62.9. The van der Waals surface area contributed by atoms with Crippen molar-refractivity contribution in [1.29, 1.82) is 0 Å². The SMILES string of the molecule is CC/C=C\C/C=C\C/C=C\C/C=C\C/C=C\CCCCCCCCCCCCCCCCCCCC(=O)OC(COC(=O)CCCCCCCCCCCCCCCCCCCCCCCCCC)COP(=O)(O)OCCN. The van der Waals surface area contributed by atoms with Gasteiger partial charge in [0.25, 0.3) is 0 Å². The van der Waals surface area contributed by atoms with Crippen LogP contribution < -0.4 is 5.73 Å². The van der Waals surface area contributed by atoms with E-state index in [2.05, 4.69) is 74.6 Å². The van der Waals surface area contributed by atoms with Gasteiger partial charge in [-0.15, -0.1) is 0 Å². The van der Waals surface area contributed by atoms with Crippen molar-refractivity contribution in [1.82, 2.24) is 0 Å². The van der Waals surface area contributed by atoms with Crippen LogP contribution in [0.5, 0.6) is 0 Å². The predicted molar refractivity (Wildman–Crippen MR) is 335 cm³/mol. The highest BCUT2D eigenvalue weighted by Gasteiger charge is 2.26. The van der Waals surface area contributed by atoms with Crippen molar-refractivity contribution >= 4 is 19.8 Å². The predicted octanol–water partition coefficient (Wildman–Crippen LogP) is 21.5. The van der Waals surface area contributed by atoms with Gasteiger partial charge in [0.1, 0.15) is 6.61 Å². The van der Waals surface area contributed by atoms with Crippen LogP contribution in [0.15, 0.2) is 60.8 Å². The molecule has 0 heterocycles. The van der Waals surface area contributed by atoms with E-state index in [0.29, 0.717) is 6.42 Å². The first-order valence-electron chi connectivity index (χ1n) is 33.3. The van der Waals surface area contributed by atoms with E-state index in [9.17, 15) is 19.0 Å². The van der Waals surface area contributed by atoms with E-state index in [-0.39, 0.29) is 38.6 Å². The Labute approximate surface area is 482 Å². The number of rotatable bonds is 63. The molecule has 0 aromatic rings. The molecule has 78 heavy (non-hydrogen) atoms. The molecule has 0 fully saturated rings. The molecule has 0 aromatic heterocycles. The van der Waals surface area contributed by atoms with Gasteiger partial charge in [0, 0.05) is 19.4 Å². The Balaban J connectivity index is 3.86. The Kier molecular flexibility index (Phi) is 62.0. The molecule has 10 heteroatoms. The lowest BCUT2D eigenvalue weighted by Crippen LogP contribution is -2.29. The van der Waals surface area contributed by atoms with Crippen molar-refractivity contribution in [2.75, 3.05) is 26.4 Å². The van der Waals surface area contributed by atoms with Gasteiger partial charge in [-0.2, -0.15) is 0 Å². The van der Waals surface area contributed by atoms with Gasteiger partial charge in [0.05, 0.1) is 13.2 Å². The lowest BCUT2D eigenvalue weighted by atomic mass is 10.0. The summed E-state index contributed by atoms with van der Waals surface area (Å²) in [5.74, 6) is -0.809. The minimum atomic E-state index is -4.39. The molecular formula is C68H126NO8P. The van der Waals surface area contributed by atoms with Crippen LogP contribution in [-0.2, 0) is 32.7 Å². The van der Waals surface area contributed by atoms with Gasteiger partial charge in [-0.25, -0.2) is 4.57 Å². The van der Waals surface area contributed by atoms with Crippen molar-refractivity contribution in [3.05, 3.63) is 60.8 Å². The highest BCUT2D eigenvalue weighted by Crippen LogP contribution is 2.43. The first-order chi connectivity index (χ1) is 38.3. The average Bonchev–Trinajstić information content (AvgIpc) is 3.43. The summed E-state index contributed by atoms with van der Waals surface area (Å²) >= 11 is 0. The molecule has 2 unspecified atom stereocenters. The van der Waals surface area contributed by atoms with Crippen LogP contribution in [-0.4, -0.2) is 49.3 Å². The number of esters is 2. The average molecular weight is 1120 g/mol. The first-order valence-corrected chi connectivity index (χ1v) is 34.8. The lowest BCUT2D eigenvalue weighted by Gasteiger charge is -2.19. The van der Waals surface area contributed by atoms with Gasteiger partial charge < -0.3 is 20.1 Å². The zero-order valence-electron chi connectivity index (χ0n) is 51.2. The van der Waals surface area contributed by atoms with Gasteiger partial charge in [-0.1, -0.05) is 319 Å². The van der Waals surface area contributed by atoms with E-state index in [1.54, 1.807) is 0 Å². The van der Waals surface area contributed by atoms with Crippen molar-refractivity contribution in [2.45, 2.75) is 335 Å². The van der Waals surface area contributed by atoms with Crippen LogP contribution in [0, 0.1) is 0 Å². The molecule has 0 aliphatic carbocycles. The molecular weight excluding hydrogens is 990 g/mol. The maximum Gasteiger partial charge on any atom is 0.472 e. The molecule has 0 bridgehead atoms. The Morgan fingerprint density at radius 2 is 0.705 bits per heavy atom. The summed E-state index contributed by atoms with van der Waals surface area (Å²) in [6, 6.07) is 0. The van der Waals surface area contributed by atoms with E-state index in [0.717, 1.165) is 70.6 Å².